The van der Waals surface area contributed by atoms with Gasteiger partial charge in [-0.2, -0.15) is 17.5 Å². The van der Waals surface area contributed by atoms with E-state index in [9.17, 15) is 21.6 Å². The lowest BCUT2D eigenvalue weighted by atomic mass is 10.2. The molecule has 108 valence electrons. The van der Waals surface area contributed by atoms with Crippen molar-refractivity contribution in [2.24, 2.45) is 0 Å². The Morgan fingerprint density at radius 1 is 1.32 bits per heavy atom. The smallest absolute Gasteiger partial charge is 0.398 e. The van der Waals surface area contributed by atoms with Crippen LogP contribution in [-0.2, 0) is 10.0 Å². The molecule has 0 fully saturated rings. The second kappa shape index (κ2) is 5.38. The van der Waals surface area contributed by atoms with Crippen molar-refractivity contribution in [3.8, 4) is 0 Å². The summed E-state index contributed by atoms with van der Waals surface area (Å²) in [7, 11) is -4.24. The van der Waals surface area contributed by atoms with Crippen LogP contribution in [0.1, 0.15) is 12.5 Å². The highest BCUT2D eigenvalue weighted by atomic mass is 32.2. The summed E-state index contributed by atoms with van der Waals surface area (Å²) < 4.78 is 61.7. The summed E-state index contributed by atoms with van der Waals surface area (Å²) in [5, 5.41) is 0. The molecule has 0 aromatic heterocycles. The van der Waals surface area contributed by atoms with Crippen LogP contribution in [0.3, 0.4) is 0 Å². The van der Waals surface area contributed by atoms with Crippen molar-refractivity contribution < 1.29 is 21.6 Å². The molecule has 0 aliphatic rings. The Kier molecular flexibility index (Phi) is 4.46. The van der Waals surface area contributed by atoms with E-state index in [0.717, 1.165) is 5.56 Å². The van der Waals surface area contributed by atoms with Crippen molar-refractivity contribution in [1.82, 2.24) is 4.31 Å². The molecule has 0 heterocycles. The van der Waals surface area contributed by atoms with Crippen LogP contribution in [0.15, 0.2) is 23.1 Å². The summed E-state index contributed by atoms with van der Waals surface area (Å²) >= 11 is 0. The van der Waals surface area contributed by atoms with E-state index in [1.807, 2.05) is 0 Å². The van der Waals surface area contributed by atoms with Gasteiger partial charge in [-0.3, -0.25) is 0 Å². The largest absolute Gasteiger partial charge is 0.402 e. The van der Waals surface area contributed by atoms with Crippen LogP contribution in [0, 0.1) is 6.92 Å². The fourth-order valence-electron chi connectivity index (χ4n) is 1.61. The number of anilines is 1. The molecule has 0 aliphatic carbocycles. The Bertz CT molecular complexity index is 556. The average Bonchev–Trinajstić information content (AvgIpc) is 2.23. The minimum atomic E-state index is -4.59. The molecule has 0 amide bonds. The van der Waals surface area contributed by atoms with Crippen molar-refractivity contribution >= 4 is 15.7 Å². The quantitative estimate of drug-likeness (QED) is 0.866. The molecule has 1 aromatic rings. The first-order valence-electron chi connectivity index (χ1n) is 5.51. The molecule has 0 aliphatic heterocycles. The van der Waals surface area contributed by atoms with Crippen LogP contribution in [0.2, 0.25) is 0 Å². The van der Waals surface area contributed by atoms with Crippen LogP contribution in [0.5, 0.6) is 0 Å². The monoisotopic (exact) mass is 296 g/mol. The zero-order chi connectivity index (χ0) is 14.8. The molecule has 0 saturated carbocycles. The summed E-state index contributed by atoms with van der Waals surface area (Å²) in [5.41, 5.74) is 6.25. The van der Waals surface area contributed by atoms with Gasteiger partial charge in [-0.25, -0.2) is 8.42 Å². The van der Waals surface area contributed by atoms with E-state index in [1.165, 1.54) is 25.1 Å². The zero-order valence-corrected chi connectivity index (χ0v) is 11.3. The van der Waals surface area contributed by atoms with Gasteiger partial charge in [0.15, 0.2) is 0 Å². The standard InChI is InChI=1S/C11H15F3N2O2S/c1-3-16(7-11(12,13)14)19(17,18)10-5-4-8(2)6-9(10)15/h4-6H,3,7,15H2,1-2H3. The number of aryl methyl sites for hydroxylation is 1. The summed E-state index contributed by atoms with van der Waals surface area (Å²) in [5.74, 6) is 0. The van der Waals surface area contributed by atoms with Crippen molar-refractivity contribution in [3.63, 3.8) is 0 Å². The lowest BCUT2D eigenvalue weighted by Crippen LogP contribution is -2.39. The first kappa shape index (κ1) is 15.8. The number of sulfonamides is 1. The topological polar surface area (TPSA) is 63.4 Å². The van der Waals surface area contributed by atoms with Crippen LogP contribution >= 0.6 is 0 Å². The second-order valence-electron chi connectivity index (χ2n) is 4.09. The van der Waals surface area contributed by atoms with Crippen LogP contribution in [0.25, 0.3) is 0 Å². The summed E-state index contributed by atoms with van der Waals surface area (Å²) in [6, 6.07) is 4.12. The van der Waals surface area contributed by atoms with Crippen LogP contribution in [0.4, 0.5) is 18.9 Å². The molecular formula is C11H15F3N2O2S. The van der Waals surface area contributed by atoms with E-state index in [-0.39, 0.29) is 17.1 Å². The number of rotatable bonds is 4. The lowest BCUT2D eigenvalue weighted by molar-refractivity contribution is -0.135. The number of nitrogens with two attached hydrogens (primary N) is 1. The van der Waals surface area contributed by atoms with E-state index in [0.29, 0.717) is 4.31 Å². The van der Waals surface area contributed by atoms with Gasteiger partial charge in [-0.1, -0.05) is 13.0 Å². The Hall–Kier alpha value is -1.28. The minimum absolute atomic E-state index is 0.0550. The Morgan fingerprint density at radius 2 is 1.89 bits per heavy atom. The highest BCUT2D eigenvalue weighted by molar-refractivity contribution is 7.89. The zero-order valence-electron chi connectivity index (χ0n) is 10.5. The van der Waals surface area contributed by atoms with Crippen LogP contribution in [-0.4, -0.2) is 32.0 Å². The molecule has 1 aromatic carbocycles. The number of nitrogen functional groups attached to an aromatic ring is 1. The molecule has 0 saturated heterocycles. The van der Waals surface area contributed by atoms with E-state index < -0.39 is 22.7 Å². The summed E-state index contributed by atoms with van der Waals surface area (Å²) in [6.45, 7) is 1.24. The van der Waals surface area contributed by atoms with Gasteiger partial charge in [-0.05, 0) is 24.6 Å². The maximum absolute atomic E-state index is 12.4. The number of nitrogens with zero attached hydrogens (tertiary/aromatic N) is 1. The van der Waals surface area contributed by atoms with Crippen molar-refractivity contribution in [3.05, 3.63) is 23.8 Å². The Labute approximate surface area is 110 Å². The third kappa shape index (κ3) is 3.84. The lowest BCUT2D eigenvalue weighted by Gasteiger charge is -2.22. The molecule has 0 radical (unpaired) electrons. The second-order valence-corrected chi connectivity index (χ2v) is 5.99. The number of hydrogen-bond acceptors (Lipinski definition) is 3. The summed E-state index contributed by atoms with van der Waals surface area (Å²) in [4.78, 5) is -0.302. The van der Waals surface area contributed by atoms with Gasteiger partial charge in [0, 0.05) is 6.54 Å². The normalized spacial score (nSPS) is 12.9. The van der Waals surface area contributed by atoms with Crippen molar-refractivity contribution in [1.29, 1.82) is 0 Å². The Balaban J connectivity index is 3.21. The molecular weight excluding hydrogens is 281 g/mol. The molecule has 1 rings (SSSR count). The van der Waals surface area contributed by atoms with Gasteiger partial charge in [0.1, 0.15) is 11.4 Å². The van der Waals surface area contributed by atoms with Crippen molar-refractivity contribution in [2.75, 3.05) is 18.8 Å². The fraction of sp³-hybridized carbons (Fsp3) is 0.455. The van der Waals surface area contributed by atoms with Gasteiger partial charge >= 0.3 is 6.18 Å². The minimum Gasteiger partial charge on any atom is -0.398 e. The molecule has 0 bridgehead atoms. The number of alkyl halides is 3. The van der Waals surface area contributed by atoms with Gasteiger partial charge in [0.05, 0.1) is 5.69 Å². The van der Waals surface area contributed by atoms with Gasteiger partial charge in [-0.15, -0.1) is 0 Å². The SMILES string of the molecule is CCN(CC(F)(F)F)S(=O)(=O)c1ccc(C)cc1N. The highest BCUT2D eigenvalue weighted by Gasteiger charge is 2.36. The van der Waals surface area contributed by atoms with Crippen LogP contribution < -0.4 is 5.73 Å². The maximum atomic E-state index is 12.4. The first-order valence-corrected chi connectivity index (χ1v) is 6.95. The van der Waals surface area contributed by atoms with Crippen molar-refractivity contribution in [2.45, 2.75) is 24.9 Å². The number of halogens is 3. The van der Waals surface area contributed by atoms with E-state index >= 15 is 0 Å². The molecule has 0 atom stereocenters. The van der Waals surface area contributed by atoms with E-state index in [1.54, 1.807) is 6.92 Å². The third-order valence-electron chi connectivity index (χ3n) is 2.49. The predicted octanol–water partition coefficient (Wildman–Crippen LogP) is 2.15. The highest BCUT2D eigenvalue weighted by Crippen LogP contribution is 2.26. The fourth-order valence-corrected chi connectivity index (χ4v) is 3.14. The van der Waals surface area contributed by atoms with Gasteiger partial charge in [0.25, 0.3) is 0 Å². The molecule has 2 N–H and O–H groups in total. The molecule has 8 heteroatoms. The Morgan fingerprint density at radius 3 is 2.32 bits per heavy atom. The van der Waals surface area contributed by atoms with Gasteiger partial charge < -0.3 is 5.73 Å². The predicted molar refractivity (Wildman–Crippen MR) is 66.1 cm³/mol. The van der Waals surface area contributed by atoms with E-state index in [4.69, 9.17) is 5.73 Å². The molecule has 0 spiro atoms. The molecule has 19 heavy (non-hydrogen) atoms. The molecule has 0 unspecified atom stereocenters. The number of hydrogen-bond donors (Lipinski definition) is 1. The third-order valence-corrected chi connectivity index (χ3v) is 4.49. The molecule has 4 nitrogen and oxygen atoms in total. The summed E-state index contributed by atoms with van der Waals surface area (Å²) in [6.07, 6.45) is -4.59. The van der Waals surface area contributed by atoms with E-state index in [2.05, 4.69) is 0 Å². The van der Waals surface area contributed by atoms with Gasteiger partial charge in [0.2, 0.25) is 10.0 Å². The number of benzene rings is 1. The average molecular weight is 296 g/mol. The first-order chi connectivity index (χ1) is 8.58. The maximum Gasteiger partial charge on any atom is 0.402 e.